The van der Waals surface area contributed by atoms with E-state index in [-0.39, 0.29) is 11.3 Å². The quantitative estimate of drug-likeness (QED) is 0.792. The Hall–Kier alpha value is -1.25. The van der Waals surface area contributed by atoms with Crippen molar-refractivity contribution in [1.82, 2.24) is 10.2 Å². The van der Waals surface area contributed by atoms with Gasteiger partial charge in [-0.3, -0.25) is 4.79 Å². The van der Waals surface area contributed by atoms with Gasteiger partial charge < -0.3 is 10.2 Å². The zero-order chi connectivity index (χ0) is 16.9. The number of rotatable bonds is 6. The summed E-state index contributed by atoms with van der Waals surface area (Å²) in [7, 11) is 0. The van der Waals surface area contributed by atoms with E-state index in [0.29, 0.717) is 11.8 Å². The minimum absolute atomic E-state index is 0.0568. The van der Waals surface area contributed by atoms with Crippen LogP contribution in [0, 0.1) is 17.3 Å². The number of hydrogen-bond acceptors (Lipinski definition) is 2. The monoisotopic (exact) mass is 306 g/mol. The zero-order valence-electron chi connectivity index (χ0n) is 15.2. The number of carbonyl (C=O) groups is 1. The molecule has 0 aromatic heterocycles. The first-order chi connectivity index (χ1) is 10.2. The molecule has 0 aliphatic carbocycles. The second-order valence-electron chi connectivity index (χ2n) is 7.50. The number of nitrogens with one attached hydrogen (secondary N) is 1. The number of amides is 1. The average molecular weight is 306 g/mol. The van der Waals surface area contributed by atoms with Crippen LogP contribution in [0.3, 0.4) is 0 Å². The molecule has 1 N–H and O–H groups in total. The van der Waals surface area contributed by atoms with Gasteiger partial charge in [0, 0.05) is 35.8 Å². The predicted molar refractivity (Wildman–Crippen MR) is 94.2 cm³/mol. The van der Waals surface area contributed by atoms with Crippen molar-refractivity contribution in [3.05, 3.63) is 24.6 Å². The second kappa shape index (κ2) is 7.85. The smallest absolute Gasteiger partial charge is 0.229 e. The molecule has 0 bridgehead atoms. The first-order valence-electron chi connectivity index (χ1n) is 8.64. The van der Waals surface area contributed by atoms with Crippen molar-refractivity contribution in [2.75, 3.05) is 13.1 Å². The third-order valence-corrected chi connectivity index (χ3v) is 4.81. The highest BCUT2D eigenvalue weighted by Gasteiger charge is 2.27. The molecule has 1 amide bonds. The molecule has 22 heavy (non-hydrogen) atoms. The fourth-order valence-corrected chi connectivity index (χ4v) is 2.97. The van der Waals surface area contributed by atoms with Crippen LogP contribution in [0.5, 0.6) is 0 Å². The molecule has 126 valence electrons. The van der Waals surface area contributed by atoms with Crippen LogP contribution in [0.2, 0.25) is 0 Å². The van der Waals surface area contributed by atoms with E-state index in [4.69, 9.17) is 0 Å². The average Bonchev–Trinajstić information content (AvgIpc) is 2.47. The summed E-state index contributed by atoms with van der Waals surface area (Å²) >= 11 is 0. The molecule has 0 aromatic rings. The fourth-order valence-electron chi connectivity index (χ4n) is 2.97. The molecule has 1 aliphatic heterocycles. The van der Waals surface area contributed by atoms with Gasteiger partial charge in [-0.25, -0.2) is 0 Å². The van der Waals surface area contributed by atoms with Crippen LogP contribution in [0.25, 0.3) is 0 Å². The van der Waals surface area contributed by atoms with Crippen molar-refractivity contribution >= 4 is 5.91 Å². The Kier molecular flexibility index (Phi) is 6.70. The predicted octanol–water partition coefficient (Wildman–Crippen LogP) is 4.32. The lowest BCUT2D eigenvalue weighted by Gasteiger charge is -2.38. The topological polar surface area (TPSA) is 32.3 Å². The van der Waals surface area contributed by atoms with Crippen molar-refractivity contribution in [3.8, 4) is 0 Å². The van der Waals surface area contributed by atoms with Gasteiger partial charge in [-0.2, -0.15) is 0 Å². The van der Waals surface area contributed by atoms with Gasteiger partial charge in [-0.15, -0.1) is 0 Å². The lowest BCUT2D eigenvalue weighted by atomic mass is 9.90. The number of piperidine rings is 1. The van der Waals surface area contributed by atoms with E-state index in [1.54, 1.807) is 0 Å². The number of nitrogens with zero attached hydrogens (tertiary/aromatic N) is 1. The molecule has 1 heterocycles. The summed E-state index contributed by atoms with van der Waals surface area (Å²) in [6, 6.07) is 0. The fraction of sp³-hybridized carbons (Fsp3) is 0.737. The first kappa shape index (κ1) is 18.8. The second-order valence-corrected chi connectivity index (χ2v) is 7.50. The van der Waals surface area contributed by atoms with E-state index in [2.05, 4.69) is 37.2 Å². The molecule has 0 saturated carbocycles. The molecule has 1 fully saturated rings. The normalized spacial score (nSPS) is 16.7. The number of carbonyl (C=O) groups excluding carboxylic acids is 1. The minimum atomic E-state index is -0.368. The summed E-state index contributed by atoms with van der Waals surface area (Å²) < 4.78 is 0. The Morgan fingerprint density at radius 1 is 1.18 bits per heavy atom. The van der Waals surface area contributed by atoms with Gasteiger partial charge in [0.25, 0.3) is 0 Å². The Labute approximate surface area is 136 Å². The third-order valence-electron chi connectivity index (χ3n) is 4.81. The van der Waals surface area contributed by atoms with Crippen LogP contribution in [0.4, 0.5) is 0 Å². The highest BCUT2D eigenvalue weighted by atomic mass is 16.2. The van der Waals surface area contributed by atoms with E-state index in [0.717, 1.165) is 44.5 Å². The lowest BCUT2D eigenvalue weighted by Crippen LogP contribution is -2.40. The van der Waals surface area contributed by atoms with Crippen LogP contribution in [0.15, 0.2) is 24.6 Å². The Morgan fingerprint density at radius 2 is 1.68 bits per heavy atom. The Bertz CT molecular complexity index is 408. The van der Waals surface area contributed by atoms with E-state index in [9.17, 15) is 4.79 Å². The van der Waals surface area contributed by atoms with E-state index in [1.807, 2.05) is 20.8 Å². The third kappa shape index (κ3) is 4.89. The highest BCUT2D eigenvalue weighted by Crippen LogP contribution is 2.29. The Balaban J connectivity index is 2.50. The van der Waals surface area contributed by atoms with Gasteiger partial charge in [0.05, 0.1) is 0 Å². The minimum Gasteiger partial charge on any atom is -0.375 e. The van der Waals surface area contributed by atoms with Crippen LogP contribution >= 0.6 is 0 Å². The van der Waals surface area contributed by atoms with E-state index in [1.165, 1.54) is 5.70 Å². The summed E-state index contributed by atoms with van der Waals surface area (Å²) in [5.74, 6) is 1.04. The summed E-state index contributed by atoms with van der Waals surface area (Å²) in [6.45, 7) is 20.7. The maximum Gasteiger partial charge on any atom is 0.229 e. The van der Waals surface area contributed by atoms with Crippen molar-refractivity contribution in [2.45, 2.75) is 60.3 Å². The van der Waals surface area contributed by atoms with Crippen molar-refractivity contribution in [2.24, 2.45) is 17.3 Å². The van der Waals surface area contributed by atoms with Gasteiger partial charge in [0.2, 0.25) is 5.91 Å². The molecule has 0 unspecified atom stereocenters. The summed E-state index contributed by atoms with van der Waals surface area (Å²) in [6.07, 6.45) is 4.40. The van der Waals surface area contributed by atoms with Crippen molar-refractivity contribution in [3.63, 3.8) is 0 Å². The molecule has 1 rings (SSSR count). The first-order valence-corrected chi connectivity index (χ1v) is 8.64. The zero-order valence-corrected chi connectivity index (χ0v) is 15.2. The van der Waals surface area contributed by atoms with Gasteiger partial charge in [0.1, 0.15) is 0 Å². The van der Waals surface area contributed by atoms with E-state index >= 15 is 0 Å². The SMILES string of the molecule is C=C(NC(=O)C(C)(C)C)C1CCN(C(=C)C(CC)CC)CC1. The van der Waals surface area contributed by atoms with Crippen molar-refractivity contribution in [1.29, 1.82) is 0 Å². The molecule has 3 nitrogen and oxygen atoms in total. The molecule has 0 atom stereocenters. The maximum absolute atomic E-state index is 12.1. The molecule has 1 aliphatic rings. The van der Waals surface area contributed by atoms with Crippen LogP contribution in [-0.4, -0.2) is 23.9 Å². The summed E-state index contributed by atoms with van der Waals surface area (Å²) in [4.78, 5) is 14.5. The van der Waals surface area contributed by atoms with Gasteiger partial charge in [-0.1, -0.05) is 47.8 Å². The van der Waals surface area contributed by atoms with Crippen molar-refractivity contribution < 1.29 is 4.79 Å². The van der Waals surface area contributed by atoms with Crippen LogP contribution in [0.1, 0.15) is 60.3 Å². The van der Waals surface area contributed by atoms with E-state index < -0.39 is 0 Å². The Morgan fingerprint density at radius 3 is 2.09 bits per heavy atom. The molecular formula is C19H34N2O. The largest absolute Gasteiger partial charge is 0.375 e. The standard InChI is InChI=1S/C19H34N2O/c1-8-16(9-2)15(4)21-12-10-17(11-13-21)14(3)20-18(22)19(5,6)7/h16-17H,3-4,8-13H2,1-2,5-7H3,(H,20,22). The molecule has 3 heteroatoms. The number of likely N-dealkylation sites (tertiary alicyclic amines) is 1. The molecular weight excluding hydrogens is 272 g/mol. The molecule has 0 spiro atoms. The number of allylic oxidation sites excluding steroid dienone is 2. The van der Waals surface area contributed by atoms with Crippen LogP contribution in [-0.2, 0) is 4.79 Å². The van der Waals surface area contributed by atoms with Gasteiger partial charge in [0.15, 0.2) is 0 Å². The number of hydrogen-bond donors (Lipinski definition) is 1. The summed E-state index contributed by atoms with van der Waals surface area (Å²) in [5, 5.41) is 3.00. The lowest BCUT2D eigenvalue weighted by molar-refractivity contribution is -0.127. The summed E-state index contributed by atoms with van der Waals surface area (Å²) in [5.41, 5.74) is 1.80. The van der Waals surface area contributed by atoms with Crippen LogP contribution < -0.4 is 5.32 Å². The molecule has 1 saturated heterocycles. The molecule has 0 radical (unpaired) electrons. The van der Waals surface area contributed by atoms with Gasteiger partial charge in [-0.05, 0) is 31.6 Å². The molecule has 0 aromatic carbocycles. The van der Waals surface area contributed by atoms with Gasteiger partial charge >= 0.3 is 0 Å². The highest BCUT2D eigenvalue weighted by molar-refractivity contribution is 5.82. The maximum atomic E-state index is 12.1.